The van der Waals surface area contributed by atoms with Gasteiger partial charge in [0.25, 0.3) is 0 Å². The fourth-order valence-electron chi connectivity index (χ4n) is 3.50. The van der Waals surface area contributed by atoms with E-state index in [4.69, 9.17) is 4.74 Å². The Morgan fingerprint density at radius 1 is 1.25 bits per heavy atom. The molecule has 0 heterocycles. The second kappa shape index (κ2) is 7.12. The highest BCUT2D eigenvalue weighted by Gasteiger charge is 2.23. The quantitative estimate of drug-likeness (QED) is 0.822. The molecule has 1 aliphatic carbocycles. The van der Waals surface area contributed by atoms with Crippen LogP contribution in [0.3, 0.4) is 0 Å². The van der Waals surface area contributed by atoms with Crippen molar-refractivity contribution in [2.45, 2.75) is 58.9 Å². The van der Waals surface area contributed by atoms with Crippen molar-refractivity contribution in [2.75, 3.05) is 13.7 Å². The number of methoxy groups -OCH3 is 1. The zero-order valence-corrected chi connectivity index (χ0v) is 13.5. The molecule has 0 aliphatic heterocycles. The van der Waals surface area contributed by atoms with Crippen LogP contribution >= 0.6 is 0 Å². The lowest BCUT2D eigenvalue weighted by molar-refractivity contribution is 0.368. The van der Waals surface area contributed by atoms with Gasteiger partial charge >= 0.3 is 0 Å². The Labute approximate surface area is 123 Å². The van der Waals surface area contributed by atoms with Crippen LogP contribution in [0.15, 0.2) is 12.1 Å². The first-order chi connectivity index (χ1) is 9.67. The third kappa shape index (κ3) is 3.35. The van der Waals surface area contributed by atoms with Crippen LogP contribution in [-0.2, 0) is 0 Å². The zero-order chi connectivity index (χ0) is 14.5. The number of aryl methyl sites for hydroxylation is 1. The molecule has 20 heavy (non-hydrogen) atoms. The zero-order valence-electron chi connectivity index (χ0n) is 13.5. The van der Waals surface area contributed by atoms with Crippen molar-refractivity contribution in [1.29, 1.82) is 0 Å². The molecule has 0 spiro atoms. The first-order valence-corrected chi connectivity index (χ1v) is 8.04. The first kappa shape index (κ1) is 15.4. The standard InChI is InChI=1S/C18H29NO/c1-5-19-17(12-15-8-6-7-9-15)16-11-10-13(2)14(3)18(16)20-4/h10-11,15,17,19H,5-9,12H2,1-4H3. The highest BCUT2D eigenvalue weighted by Crippen LogP contribution is 2.37. The smallest absolute Gasteiger partial charge is 0.126 e. The average Bonchev–Trinajstić information content (AvgIpc) is 2.94. The van der Waals surface area contributed by atoms with Gasteiger partial charge in [-0.3, -0.25) is 0 Å². The Morgan fingerprint density at radius 2 is 1.95 bits per heavy atom. The van der Waals surface area contributed by atoms with Crippen molar-refractivity contribution in [2.24, 2.45) is 5.92 Å². The summed E-state index contributed by atoms with van der Waals surface area (Å²) in [6.45, 7) is 7.51. The maximum Gasteiger partial charge on any atom is 0.126 e. The number of hydrogen-bond acceptors (Lipinski definition) is 2. The molecule has 1 atom stereocenters. The summed E-state index contributed by atoms with van der Waals surface area (Å²) in [4.78, 5) is 0. The van der Waals surface area contributed by atoms with E-state index in [0.717, 1.165) is 18.2 Å². The van der Waals surface area contributed by atoms with Crippen LogP contribution in [0, 0.1) is 19.8 Å². The largest absolute Gasteiger partial charge is 0.496 e. The third-order valence-corrected chi connectivity index (χ3v) is 4.78. The highest BCUT2D eigenvalue weighted by atomic mass is 16.5. The molecular weight excluding hydrogens is 246 g/mol. The van der Waals surface area contributed by atoms with Gasteiger partial charge in [-0.05, 0) is 43.9 Å². The van der Waals surface area contributed by atoms with Crippen molar-refractivity contribution >= 4 is 0 Å². The molecule has 0 bridgehead atoms. The molecular formula is C18H29NO. The van der Waals surface area contributed by atoms with E-state index in [-0.39, 0.29) is 0 Å². The van der Waals surface area contributed by atoms with E-state index < -0.39 is 0 Å². The lowest BCUT2D eigenvalue weighted by Crippen LogP contribution is -2.23. The summed E-state index contributed by atoms with van der Waals surface area (Å²) in [5.74, 6) is 1.96. The normalized spacial score (nSPS) is 17.4. The molecule has 0 saturated heterocycles. The number of ether oxygens (including phenoxy) is 1. The molecule has 0 amide bonds. The fraction of sp³-hybridized carbons (Fsp3) is 0.667. The van der Waals surface area contributed by atoms with E-state index in [1.165, 1.54) is 48.8 Å². The predicted octanol–water partition coefficient (Wildman–Crippen LogP) is 4.54. The van der Waals surface area contributed by atoms with Gasteiger partial charge in [-0.15, -0.1) is 0 Å². The lowest BCUT2D eigenvalue weighted by Gasteiger charge is -2.25. The van der Waals surface area contributed by atoms with Crippen LogP contribution in [0.25, 0.3) is 0 Å². The van der Waals surface area contributed by atoms with Gasteiger partial charge in [0, 0.05) is 11.6 Å². The van der Waals surface area contributed by atoms with Crippen LogP contribution in [-0.4, -0.2) is 13.7 Å². The van der Waals surface area contributed by atoms with Gasteiger partial charge in [0.1, 0.15) is 5.75 Å². The third-order valence-electron chi connectivity index (χ3n) is 4.78. The molecule has 1 aliphatic rings. The Kier molecular flexibility index (Phi) is 5.47. The predicted molar refractivity (Wildman–Crippen MR) is 85.5 cm³/mol. The van der Waals surface area contributed by atoms with Crippen molar-refractivity contribution in [3.05, 3.63) is 28.8 Å². The molecule has 1 saturated carbocycles. The van der Waals surface area contributed by atoms with Crippen LogP contribution < -0.4 is 10.1 Å². The molecule has 2 rings (SSSR count). The number of nitrogens with one attached hydrogen (secondary N) is 1. The Balaban J connectivity index is 2.25. The van der Waals surface area contributed by atoms with Crippen LogP contribution in [0.5, 0.6) is 5.75 Å². The van der Waals surface area contributed by atoms with Gasteiger partial charge in [-0.1, -0.05) is 44.7 Å². The van der Waals surface area contributed by atoms with E-state index in [0.29, 0.717) is 6.04 Å². The van der Waals surface area contributed by atoms with E-state index in [1.807, 2.05) is 0 Å². The average molecular weight is 275 g/mol. The molecule has 0 radical (unpaired) electrons. The monoisotopic (exact) mass is 275 g/mol. The molecule has 112 valence electrons. The summed E-state index contributed by atoms with van der Waals surface area (Å²) in [7, 11) is 1.80. The summed E-state index contributed by atoms with van der Waals surface area (Å²) in [6.07, 6.45) is 6.86. The molecule has 1 fully saturated rings. The first-order valence-electron chi connectivity index (χ1n) is 8.04. The van der Waals surface area contributed by atoms with E-state index in [9.17, 15) is 0 Å². The Bertz CT molecular complexity index is 435. The molecule has 1 aromatic rings. The van der Waals surface area contributed by atoms with E-state index >= 15 is 0 Å². The van der Waals surface area contributed by atoms with Gasteiger partial charge in [0.05, 0.1) is 7.11 Å². The van der Waals surface area contributed by atoms with Gasteiger partial charge < -0.3 is 10.1 Å². The minimum atomic E-state index is 0.428. The maximum atomic E-state index is 5.71. The van der Waals surface area contributed by atoms with Crippen LogP contribution in [0.4, 0.5) is 0 Å². The second-order valence-corrected chi connectivity index (χ2v) is 6.13. The molecule has 0 aromatic heterocycles. The summed E-state index contributed by atoms with van der Waals surface area (Å²) in [6, 6.07) is 4.91. The second-order valence-electron chi connectivity index (χ2n) is 6.13. The number of hydrogen-bond donors (Lipinski definition) is 1. The van der Waals surface area contributed by atoms with Crippen molar-refractivity contribution in [3.63, 3.8) is 0 Å². The Morgan fingerprint density at radius 3 is 2.55 bits per heavy atom. The van der Waals surface area contributed by atoms with Crippen molar-refractivity contribution in [3.8, 4) is 5.75 Å². The molecule has 1 aromatic carbocycles. The van der Waals surface area contributed by atoms with Gasteiger partial charge in [-0.2, -0.15) is 0 Å². The summed E-state index contributed by atoms with van der Waals surface area (Å²) in [5, 5.41) is 3.67. The molecule has 1 unspecified atom stereocenters. The highest BCUT2D eigenvalue weighted by molar-refractivity contribution is 5.46. The van der Waals surface area contributed by atoms with Crippen LogP contribution in [0.1, 0.15) is 61.8 Å². The van der Waals surface area contributed by atoms with Gasteiger partial charge in [0.15, 0.2) is 0 Å². The number of benzene rings is 1. The van der Waals surface area contributed by atoms with Crippen molar-refractivity contribution in [1.82, 2.24) is 5.32 Å². The molecule has 2 nitrogen and oxygen atoms in total. The van der Waals surface area contributed by atoms with Gasteiger partial charge in [-0.25, -0.2) is 0 Å². The van der Waals surface area contributed by atoms with E-state index in [1.54, 1.807) is 7.11 Å². The summed E-state index contributed by atoms with van der Waals surface area (Å²) >= 11 is 0. The number of rotatable bonds is 6. The minimum absolute atomic E-state index is 0.428. The van der Waals surface area contributed by atoms with E-state index in [2.05, 4.69) is 38.2 Å². The topological polar surface area (TPSA) is 21.3 Å². The van der Waals surface area contributed by atoms with Crippen LogP contribution in [0.2, 0.25) is 0 Å². The molecule has 1 N–H and O–H groups in total. The maximum absolute atomic E-state index is 5.71. The van der Waals surface area contributed by atoms with Gasteiger partial charge in [0.2, 0.25) is 0 Å². The summed E-state index contributed by atoms with van der Waals surface area (Å²) in [5.41, 5.74) is 3.92. The Hall–Kier alpha value is -1.02. The molecule has 2 heteroatoms. The lowest BCUT2D eigenvalue weighted by atomic mass is 9.91. The summed E-state index contributed by atoms with van der Waals surface area (Å²) < 4.78 is 5.71. The minimum Gasteiger partial charge on any atom is -0.496 e. The fourth-order valence-corrected chi connectivity index (χ4v) is 3.50. The van der Waals surface area contributed by atoms with Crippen molar-refractivity contribution < 1.29 is 4.74 Å². The SMILES string of the molecule is CCNC(CC1CCCC1)c1ccc(C)c(C)c1OC.